The first-order valence-corrected chi connectivity index (χ1v) is 15.8. The maximum atomic E-state index is 6.44. The SMILES string of the molecule is C=C(NC)C(CC(=C)N1CC(c2cc(-c3csc(NC(C)C)n3)nc3cc(CC)ccc23)CC1C(=C)N)CC(C)C. The number of hydrogen-bond acceptors (Lipinski definition) is 7. The third-order valence-electron chi connectivity index (χ3n) is 8.12. The molecule has 4 rings (SSSR count). The van der Waals surface area contributed by atoms with Crippen LogP contribution in [0.3, 0.4) is 0 Å². The minimum absolute atomic E-state index is 0.0396. The summed E-state index contributed by atoms with van der Waals surface area (Å²) in [5.74, 6) is 1.15. The second-order valence-corrected chi connectivity index (χ2v) is 13.0. The van der Waals surface area contributed by atoms with E-state index in [1.54, 1.807) is 11.3 Å². The highest BCUT2D eigenvalue weighted by molar-refractivity contribution is 7.14. The minimum atomic E-state index is 0.0396. The fourth-order valence-corrected chi connectivity index (χ4v) is 6.83. The van der Waals surface area contributed by atoms with Gasteiger partial charge in [-0.3, -0.25) is 0 Å². The van der Waals surface area contributed by atoms with Crippen molar-refractivity contribution in [3.05, 3.63) is 77.6 Å². The smallest absolute Gasteiger partial charge is 0.183 e. The molecule has 4 N–H and O–H groups in total. The number of anilines is 1. The first-order chi connectivity index (χ1) is 19.5. The summed E-state index contributed by atoms with van der Waals surface area (Å²) in [6.45, 7) is 24.9. The van der Waals surface area contributed by atoms with Gasteiger partial charge in [-0.25, -0.2) is 9.97 Å². The Balaban J connectivity index is 1.71. The molecule has 0 radical (unpaired) electrons. The third kappa shape index (κ3) is 7.13. The molecule has 0 spiro atoms. The first kappa shape index (κ1) is 30.6. The Bertz CT molecular complexity index is 1400. The number of likely N-dealkylation sites (tertiary alicyclic amines) is 1. The van der Waals surface area contributed by atoms with Crippen LogP contribution in [0.15, 0.2) is 66.5 Å². The topological polar surface area (TPSA) is 79.1 Å². The molecular weight excluding hydrogens is 524 g/mol. The van der Waals surface area contributed by atoms with Crippen LogP contribution < -0.4 is 16.4 Å². The number of nitrogens with two attached hydrogens (primary N) is 1. The number of hydrogen-bond donors (Lipinski definition) is 3. The van der Waals surface area contributed by atoms with Crippen molar-refractivity contribution in [1.29, 1.82) is 0 Å². The molecule has 0 bridgehead atoms. The minimum Gasteiger partial charge on any atom is -0.401 e. The number of benzene rings is 1. The van der Waals surface area contributed by atoms with E-state index in [9.17, 15) is 0 Å². The van der Waals surface area contributed by atoms with Gasteiger partial charge in [-0.2, -0.15) is 0 Å². The number of rotatable bonds is 13. The second-order valence-electron chi connectivity index (χ2n) is 12.2. The number of aryl methyl sites for hydroxylation is 1. The molecule has 3 unspecified atom stereocenters. The van der Waals surface area contributed by atoms with Gasteiger partial charge in [-0.05, 0) is 68.7 Å². The van der Waals surface area contributed by atoms with E-state index in [0.717, 1.165) is 65.7 Å². The number of aromatic nitrogens is 2. The van der Waals surface area contributed by atoms with E-state index in [1.807, 2.05) is 7.05 Å². The summed E-state index contributed by atoms with van der Waals surface area (Å²) in [7, 11) is 1.95. The number of nitrogens with one attached hydrogen (secondary N) is 2. The molecule has 1 fully saturated rings. The van der Waals surface area contributed by atoms with Gasteiger partial charge in [0.1, 0.15) is 5.69 Å². The van der Waals surface area contributed by atoms with Gasteiger partial charge in [-0.1, -0.05) is 52.6 Å². The average Bonchev–Trinajstić information content (AvgIpc) is 3.58. The fraction of sp³-hybridized carbons (Fsp3) is 0.471. The molecule has 0 aliphatic carbocycles. The zero-order valence-corrected chi connectivity index (χ0v) is 26.6. The molecule has 2 aromatic heterocycles. The monoisotopic (exact) mass is 572 g/mol. The van der Waals surface area contributed by atoms with E-state index in [4.69, 9.17) is 15.7 Å². The Morgan fingerprint density at radius 2 is 1.88 bits per heavy atom. The molecule has 3 aromatic rings. The average molecular weight is 573 g/mol. The van der Waals surface area contributed by atoms with E-state index in [2.05, 4.69) is 99.5 Å². The summed E-state index contributed by atoms with van der Waals surface area (Å²) in [6.07, 6.45) is 3.77. The molecule has 220 valence electrons. The molecule has 0 amide bonds. The van der Waals surface area contributed by atoms with Crippen molar-refractivity contribution >= 4 is 27.4 Å². The molecule has 0 saturated carbocycles. The van der Waals surface area contributed by atoms with Gasteiger partial charge in [0.15, 0.2) is 5.13 Å². The molecule has 1 saturated heterocycles. The predicted octanol–water partition coefficient (Wildman–Crippen LogP) is 7.67. The lowest BCUT2D eigenvalue weighted by Gasteiger charge is -2.32. The molecule has 3 heterocycles. The number of nitrogens with zero attached hydrogens (tertiary/aromatic N) is 3. The normalized spacial score (nSPS) is 17.8. The number of fused-ring (bicyclic) bond motifs is 1. The van der Waals surface area contributed by atoms with Crippen LogP contribution in [-0.4, -0.2) is 40.5 Å². The van der Waals surface area contributed by atoms with Gasteiger partial charge in [0.25, 0.3) is 0 Å². The molecule has 1 aromatic carbocycles. The Labute approximate surface area is 250 Å². The lowest BCUT2D eigenvalue weighted by Crippen LogP contribution is -2.33. The van der Waals surface area contributed by atoms with E-state index in [0.29, 0.717) is 23.6 Å². The van der Waals surface area contributed by atoms with Gasteiger partial charge in [0, 0.05) is 59.3 Å². The van der Waals surface area contributed by atoms with Crippen molar-refractivity contribution in [1.82, 2.24) is 20.2 Å². The number of pyridine rings is 1. The van der Waals surface area contributed by atoms with Crippen LogP contribution in [0, 0.1) is 11.8 Å². The second kappa shape index (κ2) is 13.1. The highest BCUT2D eigenvalue weighted by Crippen LogP contribution is 2.41. The van der Waals surface area contributed by atoms with Gasteiger partial charge < -0.3 is 21.3 Å². The summed E-state index contributed by atoms with van der Waals surface area (Å²) in [4.78, 5) is 12.4. The Morgan fingerprint density at radius 3 is 2.51 bits per heavy atom. The molecule has 6 nitrogen and oxygen atoms in total. The Hall–Kier alpha value is -3.32. The van der Waals surface area contributed by atoms with E-state index < -0.39 is 0 Å². The lowest BCUT2D eigenvalue weighted by molar-refractivity contribution is 0.315. The van der Waals surface area contributed by atoms with Crippen LogP contribution in [0.1, 0.15) is 70.9 Å². The molecule has 3 atom stereocenters. The van der Waals surface area contributed by atoms with Crippen LogP contribution in [0.2, 0.25) is 0 Å². The van der Waals surface area contributed by atoms with Crippen LogP contribution >= 0.6 is 11.3 Å². The number of thiazole rings is 1. The van der Waals surface area contributed by atoms with Crippen molar-refractivity contribution in [3.8, 4) is 11.4 Å². The maximum Gasteiger partial charge on any atom is 0.183 e. The van der Waals surface area contributed by atoms with Crippen LogP contribution in [0.4, 0.5) is 5.13 Å². The molecule has 7 heteroatoms. The highest BCUT2D eigenvalue weighted by atomic mass is 32.1. The largest absolute Gasteiger partial charge is 0.401 e. The zero-order valence-electron chi connectivity index (χ0n) is 25.8. The van der Waals surface area contributed by atoms with Gasteiger partial charge in [0.2, 0.25) is 0 Å². The van der Waals surface area contributed by atoms with E-state index in [-0.39, 0.29) is 12.0 Å². The Morgan fingerprint density at radius 1 is 1.12 bits per heavy atom. The number of allylic oxidation sites excluding steroid dienone is 2. The third-order valence-corrected chi connectivity index (χ3v) is 8.89. The van der Waals surface area contributed by atoms with Gasteiger partial charge >= 0.3 is 0 Å². The summed E-state index contributed by atoms with van der Waals surface area (Å²) < 4.78 is 0. The van der Waals surface area contributed by atoms with Crippen molar-refractivity contribution in [2.75, 3.05) is 18.9 Å². The summed E-state index contributed by atoms with van der Waals surface area (Å²) in [5.41, 5.74) is 14.7. The highest BCUT2D eigenvalue weighted by Gasteiger charge is 2.36. The fourth-order valence-electron chi connectivity index (χ4n) is 5.98. The van der Waals surface area contributed by atoms with E-state index in [1.165, 1.54) is 16.5 Å². The van der Waals surface area contributed by atoms with E-state index >= 15 is 0 Å². The van der Waals surface area contributed by atoms with Crippen molar-refractivity contribution in [2.24, 2.45) is 17.6 Å². The summed E-state index contributed by atoms with van der Waals surface area (Å²) in [5, 5.41) is 10.9. The molecule has 1 aliphatic heterocycles. The maximum absolute atomic E-state index is 6.44. The van der Waals surface area contributed by atoms with Gasteiger partial charge in [-0.15, -0.1) is 11.3 Å². The van der Waals surface area contributed by atoms with Crippen molar-refractivity contribution in [2.45, 2.75) is 78.3 Å². The zero-order chi connectivity index (χ0) is 29.8. The standard InChI is InChI=1S/C34H48N6S/c1-10-25-11-12-28-29(17-31(38-30(28)15-25)32-19-41-34(39-32)37-21(4)5)27-16-33(23(7)35)40(18-27)22(6)14-26(13-20(2)3)24(8)36-9/h11-12,15,17,19-21,26-27,33,36H,6-8,10,13-14,16,18,35H2,1-5,9H3,(H,37,39). The predicted molar refractivity (Wildman–Crippen MR) is 177 cm³/mol. The van der Waals surface area contributed by atoms with Crippen molar-refractivity contribution < 1.29 is 0 Å². The lowest BCUT2D eigenvalue weighted by atomic mass is 9.90. The van der Waals surface area contributed by atoms with Crippen LogP contribution in [0.25, 0.3) is 22.3 Å². The summed E-state index contributed by atoms with van der Waals surface area (Å²) >= 11 is 1.62. The van der Waals surface area contributed by atoms with Crippen LogP contribution in [-0.2, 0) is 6.42 Å². The molecule has 41 heavy (non-hydrogen) atoms. The first-order valence-electron chi connectivity index (χ1n) is 14.9. The van der Waals surface area contributed by atoms with Crippen molar-refractivity contribution in [3.63, 3.8) is 0 Å². The summed E-state index contributed by atoms with van der Waals surface area (Å²) in [6, 6.07) is 9.31. The van der Waals surface area contributed by atoms with Gasteiger partial charge in [0.05, 0.1) is 17.3 Å². The molecule has 1 aliphatic rings. The van der Waals surface area contributed by atoms with Crippen LogP contribution in [0.5, 0.6) is 0 Å². The Kier molecular flexibility index (Phi) is 9.80. The quantitative estimate of drug-likeness (QED) is 0.195. The molecular formula is C34H48N6S.